The van der Waals surface area contributed by atoms with Crippen LogP contribution in [0, 0.1) is 0 Å². The minimum Gasteiger partial charge on any atom is -0.395 e. The summed E-state index contributed by atoms with van der Waals surface area (Å²) in [6, 6.07) is 8.04. The van der Waals surface area contributed by atoms with E-state index in [0.717, 1.165) is 29.4 Å². The van der Waals surface area contributed by atoms with Gasteiger partial charge in [0.1, 0.15) is 0 Å². The molecule has 0 radical (unpaired) electrons. The average Bonchev–Trinajstić information content (AvgIpc) is 2.96. The molecular weight excluding hydrogens is 334 g/mol. The molecule has 1 aromatic heterocycles. The van der Waals surface area contributed by atoms with Crippen LogP contribution in [-0.4, -0.2) is 39.3 Å². The third kappa shape index (κ3) is 3.51. The topological polar surface area (TPSA) is 62.4 Å². The van der Waals surface area contributed by atoms with Gasteiger partial charge in [0.05, 0.1) is 13.2 Å². The molecule has 1 atom stereocenters. The van der Waals surface area contributed by atoms with E-state index in [4.69, 9.17) is 4.52 Å². The van der Waals surface area contributed by atoms with Gasteiger partial charge in [-0.05, 0) is 31.5 Å². The highest BCUT2D eigenvalue weighted by Crippen LogP contribution is 2.22. The van der Waals surface area contributed by atoms with E-state index < -0.39 is 0 Å². The van der Waals surface area contributed by atoms with E-state index in [2.05, 4.69) is 31.0 Å². The van der Waals surface area contributed by atoms with E-state index in [1.54, 1.807) is 0 Å². The summed E-state index contributed by atoms with van der Waals surface area (Å²) in [6.45, 7) is 1.76. The maximum Gasteiger partial charge on any atom is 0.241 e. The summed E-state index contributed by atoms with van der Waals surface area (Å²) in [5, 5.41) is 13.5. The van der Waals surface area contributed by atoms with Crippen molar-refractivity contribution in [3.05, 3.63) is 34.6 Å². The number of aliphatic hydroxyl groups is 1. The zero-order valence-electron chi connectivity index (χ0n) is 11.7. The molecule has 0 aliphatic carbocycles. The molecule has 2 aromatic rings. The molecule has 1 saturated heterocycles. The maximum absolute atomic E-state index is 9.44. The summed E-state index contributed by atoms with van der Waals surface area (Å²) in [5.41, 5.74) is 0.928. The van der Waals surface area contributed by atoms with Crippen molar-refractivity contribution in [2.45, 2.75) is 31.8 Å². The van der Waals surface area contributed by atoms with Gasteiger partial charge in [0.25, 0.3) is 0 Å². The molecule has 21 heavy (non-hydrogen) atoms. The molecule has 1 N–H and O–H groups in total. The number of aromatic nitrogens is 2. The van der Waals surface area contributed by atoms with Crippen molar-refractivity contribution in [2.24, 2.45) is 0 Å². The lowest BCUT2D eigenvalue weighted by molar-refractivity contribution is 0.0749. The second-order valence-corrected chi connectivity index (χ2v) is 6.24. The molecule has 3 rings (SSSR count). The van der Waals surface area contributed by atoms with Crippen LogP contribution in [0.25, 0.3) is 11.4 Å². The van der Waals surface area contributed by atoms with Crippen molar-refractivity contribution < 1.29 is 9.63 Å². The molecule has 112 valence electrons. The Kier molecular flexibility index (Phi) is 4.67. The Balaban J connectivity index is 1.73. The number of nitrogens with zero attached hydrogens (tertiary/aromatic N) is 3. The van der Waals surface area contributed by atoms with Gasteiger partial charge in [0, 0.05) is 16.1 Å². The number of hydrogen-bond acceptors (Lipinski definition) is 5. The summed E-state index contributed by atoms with van der Waals surface area (Å²) in [7, 11) is 0. The first kappa shape index (κ1) is 14.7. The number of piperidine rings is 1. The second kappa shape index (κ2) is 6.68. The molecule has 0 saturated carbocycles. The third-order valence-corrected chi connectivity index (χ3v) is 4.34. The third-order valence-electron chi connectivity index (χ3n) is 3.85. The normalized spacial score (nSPS) is 19.8. The summed E-state index contributed by atoms with van der Waals surface area (Å²) in [6.07, 6.45) is 3.36. The predicted octanol–water partition coefficient (Wildman–Crippen LogP) is 2.85. The fourth-order valence-electron chi connectivity index (χ4n) is 2.71. The Morgan fingerprint density at radius 2 is 2.29 bits per heavy atom. The maximum atomic E-state index is 9.44. The molecular formula is C15H18BrN3O2. The Hall–Kier alpha value is -1.24. The van der Waals surface area contributed by atoms with E-state index in [9.17, 15) is 5.11 Å². The van der Waals surface area contributed by atoms with Gasteiger partial charge in [0.2, 0.25) is 11.7 Å². The quantitative estimate of drug-likeness (QED) is 0.917. The molecule has 1 aliphatic rings. The lowest BCUT2D eigenvalue weighted by atomic mass is 10.0. The van der Waals surface area contributed by atoms with Crippen molar-refractivity contribution in [2.75, 3.05) is 13.2 Å². The Bertz CT molecular complexity index is 602. The molecule has 1 aromatic carbocycles. The number of benzene rings is 1. The molecule has 5 nitrogen and oxygen atoms in total. The van der Waals surface area contributed by atoms with Crippen molar-refractivity contribution in [3.8, 4) is 11.4 Å². The van der Waals surface area contributed by atoms with E-state index >= 15 is 0 Å². The van der Waals surface area contributed by atoms with Crippen LogP contribution in [0.5, 0.6) is 0 Å². The molecule has 1 unspecified atom stereocenters. The molecule has 0 amide bonds. The van der Waals surface area contributed by atoms with E-state index in [1.807, 2.05) is 24.3 Å². The average molecular weight is 352 g/mol. The van der Waals surface area contributed by atoms with Crippen LogP contribution < -0.4 is 0 Å². The number of aliphatic hydroxyl groups excluding tert-OH is 1. The molecule has 6 heteroatoms. The number of rotatable bonds is 4. The van der Waals surface area contributed by atoms with Crippen molar-refractivity contribution >= 4 is 15.9 Å². The van der Waals surface area contributed by atoms with Gasteiger partial charge in [-0.25, -0.2) is 0 Å². The zero-order valence-corrected chi connectivity index (χ0v) is 13.3. The molecule has 0 bridgehead atoms. The van der Waals surface area contributed by atoms with Gasteiger partial charge >= 0.3 is 0 Å². The highest BCUT2D eigenvalue weighted by atomic mass is 79.9. The number of halogens is 1. The first-order valence-electron chi connectivity index (χ1n) is 7.19. The largest absolute Gasteiger partial charge is 0.395 e. The first-order chi connectivity index (χ1) is 10.3. The summed E-state index contributed by atoms with van der Waals surface area (Å²) in [5.74, 6) is 1.20. The van der Waals surface area contributed by atoms with Crippen molar-refractivity contribution in [1.82, 2.24) is 15.0 Å². The highest BCUT2D eigenvalue weighted by Gasteiger charge is 2.23. The van der Waals surface area contributed by atoms with Gasteiger partial charge in [-0.15, -0.1) is 0 Å². The fourth-order valence-corrected chi connectivity index (χ4v) is 3.11. The van der Waals surface area contributed by atoms with E-state index in [-0.39, 0.29) is 12.6 Å². The van der Waals surface area contributed by atoms with Crippen molar-refractivity contribution in [3.63, 3.8) is 0 Å². The minimum absolute atomic E-state index is 0.187. The Morgan fingerprint density at radius 1 is 1.38 bits per heavy atom. The van der Waals surface area contributed by atoms with Gasteiger partial charge in [-0.3, -0.25) is 4.90 Å². The highest BCUT2D eigenvalue weighted by molar-refractivity contribution is 9.10. The van der Waals surface area contributed by atoms with E-state index in [0.29, 0.717) is 18.3 Å². The monoisotopic (exact) mass is 351 g/mol. The minimum atomic E-state index is 0.187. The van der Waals surface area contributed by atoms with Gasteiger partial charge < -0.3 is 9.63 Å². The smallest absolute Gasteiger partial charge is 0.241 e. The van der Waals surface area contributed by atoms with Crippen LogP contribution in [0.4, 0.5) is 0 Å². The van der Waals surface area contributed by atoms with Crippen molar-refractivity contribution in [1.29, 1.82) is 0 Å². The van der Waals surface area contributed by atoms with E-state index in [1.165, 1.54) is 6.42 Å². The standard InChI is InChI=1S/C15H18BrN3O2/c16-12-5-3-4-11(8-12)15-17-14(21-18-15)9-19-7-2-1-6-13(19)10-20/h3-5,8,13,20H,1-2,6-7,9-10H2. The molecule has 0 spiro atoms. The predicted molar refractivity (Wildman–Crippen MR) is 82.6 cm³/mol. The van der Waals surface area contributed by atoms with Crippen LogP contribution in [0.3, 0.4) is 0 Å². The van der Waals surface area contributed by atoms with Crippen LogP contribution in [-0.2, 0) is 6.54 Å². The van der Waals surface area contributed by atoms with Crippen LogP contribution in [0.1, 0.15) is 25.2 Å². The summed E-state index contributed by atoms with van der Waals surface area (Å²) < 4.78 is 6.34. The fraction of sp³-hybridized carbons (Fsp3) is 0.467. The number of hydrogen-bond donors (Lipinski definition) is 1. The van der Waals surface area contributed by atoms with Gasteiger partial charge in [-0.1, -0.05) is 39.6 Å². The Morgan fingerprint density at radius 3 is 3.10 bits per heavy atom. The summed E-state index contributed by atoms with van der Waals surface area (Å²) >= 11 is 3.44. The molecule has 1 fully saturated rings. The van der Waals surface area contributed by atoms with Gasteiger partial charge in [0.15, 0.2) is 0 Å². The van der Waals surface area contributed by atoms with Gasteiger partial charge in [-0.2, -0.15) is 4.98 Å². The lowest BCUT2D eigenvalue weighted by Crippen LogP contribution is -2.41. The molecule has 1 aliphatic heterocycles. The van der Waals surface area contributed by atoms with Crippen LogP contribution in [0.15, 0.2) is 33.3 Å². The van der Waals surface area contributed by atoms with Crippen LogP contribution in [0.2, 0.25) is 0 Å². The SMILES string of the molecule is OCC1CCCCN1Cc1nc(-c2cccc(Br)c2)no1. The second-order valence-electron chi connectivity index (χ2n) is 5.32. The van der Waals surface area contributed by atoms with Crippen LogP contribution >= 0.6 is 15.9 Å². The summed E-state index contributed by atoms with van der Waals surface area (Å²) in [4.78, 5) is 6.69. The molecule has 2 heterocycles. The lowest BCUT2D eigenvalue weighted by Gasteiger charge is -2.33. The Labute approximate surface area is 132 Å². The first-order valence-corrected chi connectivity index (χ1v) is 7.99. The number of likely N-dealkylation sites (tertiary alicyclic amines) is 1. The zero-order chi connectivity index (χ0) is 14.7.